The molecule has 0 radical (unpaired) electrons. The van der Waals surface area contributed by atoms with Crippen LogP contribution in [0.5, 0.6) is 0 Å². The van der Waals surface area contributed by atoms with Crippen molar-refractivity contribution in [3.63, 3.8) is 0 Å². The van der Waals surface area contributed by atoms with E-state index < -0.39 is 0 Å². The number of fused-ring (bicyclic) bond motifs is 3. The summed E-state index contributed by atoms with van der Waals surface area (Å²) in [5.41, 5.74) is 6.73. The number of para-hydroxylation sites is 1. The van der Waals surface area contributed by atoms with E-state index in [1.54, 1.807) is 6.07 Å². The predicted octanol–water partition coefficient (Wildman–Crippen LogP) is 4.01. The van der Waals surface area contributed by atoms with Crippen molar-refractivity contribution in [3.8, 4) is 0 Å². The topological polar surface area (TPSA) is 39.2 Å². The molecule has 2 N–H and O–H groups in total. The minimum absolute atomic E-state index is 0.0814. The van der Waals surface area contributed by atoms with Crippen molar-refractivity contribution in [1.82, 2.24) is 0 Å². The molecule has 0 aliphatic heterocycles. The van der Waals surface area contributed by atoms with Crippen LogP contribution in [0, 0.1) is 23.6 Å². The molecule has 2 saturated carbocycles. The molecule has 2 bridgehead atoms. The quantitative estimate of drug-likeness (QED) is 0.885. The Hall–Kier alpha value is -1.35. The zero-order valence-corrected chi connectivity index (χ0v) is 10.8. The molecule has 2 nitrogen and oxygen atoms in total. The molecule has 0 spiro atoms. The van der Waals surface area contributed by atoms with E-state index in [-0.39, 0.29) is 11.9 Å². The van der Waals surface area contributed by atoms with Gasteiger partial charge < -0.3 is 10.2 Å². The summed E-state index contributed by atoms with van der Waals surface area (Å²) in [6, 6.07) is 6.84. The van der Waals surface area contributed by atoms with Crippen LogP contribution in [0.4, 0.5) is 4.39 Å². The van der Waals surface area contributed by atoms with Gasteiger partial charge in [-0.05, 0) is 49.1 Å². The van der Waals surface area contributed by atoms with Gasteiger partial charge in [-0.15, -0.1) is 0 Å². The lowest BCUT2D eigenvalue weighted by atomic mass is 9.83. The highest BCUT2D eigenvalue weighted by Crippen LogP contribution is 2.52. The number of hydrogen-bond acceptors (Lipinski definition) is 2. The van der Waals surface area contributed by atoms with Gasteiger partial charge in [0, 0.05) is 5.39 Å². The Balaban J connectivity index is 1.68. The molecule has 1 aromatic carbocycles. The van der Waals surface area contributed by atoms with E-state index in [0.29, 0.717) is 11.5 Å². The Kier molecular flexibility index (Phi) is 2.46. The van der Waals surface area contributed by atoms with Gasteiger partial charge in [0.15, 0.2) is 11.4 Å². The van der Waals surface area contributed by atoms with E-state index in [2.05, 4.69) is 0 Å². The number of benzene rings is 1. The van der Waals surface area contributed by atoms with Gasteiger partial charge in [0.05, 0.1) is 6.04 Å². The van der Waals surface area contributed by atoms with Crippen LogP contribution >= 0.6 is 0 Å². The van der Waals surface area contributed by atoms with Crippen LogP contribution in [0.25, 0.3) is 11.0 Å². The summed E-state index contributed by atoms with van der Waals surface area (Å²) in [6.07, 6.45) is 5.21. The average molecular weight is 259 g/mol. The van der Waals surface area contributed by atoms with E-state index >= 15 is 0 Å². The van der Waals surface area contributed by atoms with Gasteiger partial charge in [-0.25, -0.2) is 4.39 Å². The fraction of sp³-hybridized carbons (Fsp3) is 0.500. The minimum atomic E-state index is -0.302. The summed E-state index contributed by atoms with van der Waals surface area (Å²) in [5.74, 6) is 2.57. The third-order valence-corrected chi connectivity index (χ3v) is 5.10. The van der Waals surface area contributed by atoms with Gasteiger partial charge in [-0.2, -0.15) is 0 Å². The smallest absolute Gasteiger partial charge is 0.169 e. The van der Waals surface area contributed by atoms with Crippen LogP contribution < -0.4 is 5.73 Å². The van der Waals surface area contributed by atoms with Gasteiger partial charge >= 0.3 is 0 Å². The van der Waals surface area contributed by atoms with Gasteiger partial charge in [0.2, 0.25) is 0 Å². The van der Waals surface area contributed by atoms with Crippen LogP contribution in [-0.2, 0) is 0 Å². The van der Waals surface area contributed by atoms with Gasteiger partial charge in [-0.1, -0.05) is 18.6 Å². The molecule has 4 rings (SSSR count). The third-order valence-electron chi connectivity index (χ3n) is 5.10. The molecule has 100 valence electrons. The van der Waals surface area contributed by atoms with Crippen molar-refractivity contribution in [3.05, 3.63) is 35.8 Å². The monoisotopic (exact) mass is 259 g/mol. The van der Waals surface area contributed by atoms with Crippen molar-refractivity contribution >= 4 is 11.0 Å². The number of nitrogens with two attached hydrogens (primary N) is 1. The van der Waals surface area contributed by atoms with Crippen LogP contribution in [0.3, 0.4) is 0 Å². The zero-order valence-electron chi connectivity index (χ0n) is 10.8. The first-order chi connectivity index (χ1) is 9.22. The van der Waals surface area contributed by atoms with Crippen molar-refractivity contribution in [2.24, 2.45) is 23.5 Å². The molecular weight excluding hydrogens is 241 g/mol. The highest BCUT2D eigenvalue weighted by molar-refractivity contribution is 5.78. The highest BCUT2D eigenvalue weighted by atomic mass is 19.1. The molecule has 2 aliphatic rings. The maximum absolute atomic E-state index is 13.7. The molecule has 2 fully saturated rings. The predicted molar refractivity (Wildman–Crippen MR) is 72.0 cm³/mol. The summed E-state index contributed by atoms with van der Waals surface area (Å²) >= 11 is 0. The second-order valence-corrected chi connectivity index (χ2v) is 6.17. The first-order valence-corrected chi connectivity index (χ1v) is 7.16. The number of furan rings is 1. The van der Waals surface area contributed by atoms with Crippen LogP contribution in [0.1, 0.15) is 37.5 Å². The molecule has 4 atom stereocenters. The van der Waals surface area contributed by atoms with Gasteiger partial charge in [0.1, 0.15) is 5.76 Å². The molecule has 1 heterocycles. The first-order valence-electron chi connectivity index (χ1n) is 7.16. The molecule has 4 unspecified atom stereocenters. The second-order valence-electron chi connectivity index (χ2n) is 6.17. The summed E-state index contributed by atoms with van der Waals surface area (Å²) in [4.78, 5) is 0. The molecule has 1 aromatic heterocycles. The Morgan fingerprint density at radius 1 is 1.26 bits per heavy atom. The summed E-state index contributed by atoms with van der Waals surface area (Å²) in [6.45, 7) is 0. The van der Waals surface area contributed by atoms with E-state index in [9.17, 15) is 4.39 Å². The lowest BCUT2D eigenvalue weighted by Crippen LogP contribution is -2.25. The standard InChI is InChI=1S/C16H18FNO/c17-13-3-1-2-11-8-14(19-16(11)13)15(18)12-7-9-4-5-10(12)6-9/h1-3,8-10,12,15H,4-7,18H2. The van der Waals surface area contributed by atoms with Gasteiger partial charge in [-0.3, -0.25) is 0 Å². The molecule has 0 saturated heterocycles. The second kappa shape index (κ2) is 4.07. The van der Waals surface area contributed by atoms with E-state index in [1.165, 1.54) is 31.7 Å². The zero-order chi connectivity index (χ0) is 13.0. The molecule has 2 aliphatic carbocycles. The van der Waals surface area contributed by atoms with Crippen LogP contribution in [-0.4, -0.2) is 0 Å². The lowest BCUT2D eigenvalue weighted by Gasteiger charge is -2.26. The fourth-order valence-corrected chi connectivity index (χ4v) is 4.16. The van der Waals surface area contributed by atoms with Crippen molar-refractivity contribution in [2.75, 3.05) is 0 Å². The fourth-order valence-electron chi connectivity index (χ4n) is 4.16. The Bertz CT molecular complexity index is 620. The van der Waals surface area contributed by atoms with Crippen molar-refractivity contribution in [2.45, 2.75) is 31.7 Å². The van der Waals surface area contributed by atoms with Crippen molar-refractivity contribution < 1.29 is 8.81 Å². The Labute approximate surface area is 111 Å². The summed E-state index contributed by atoms with van der Waals surface area (Å²) < 4.78 is 19.3. The van der Waals surface area contributed by atoms with Crippen molar-refractivity contribution in [1.29, 1.82) is 0 Å². The highest BCUT2D eigenvalue weighted by Gasteiger charge is 2.43. The Morgan fingerprint density at radius 3 is 2.84 bits per heavy atom. The maximum atomic E-state index is 13.7. The number of halogens is 1. The van der Waals surface area contributed by atoms with Crippen LogP contribution in [0.15, 0.2) is 28.7 Å². The van der Waals surface area contributed by atoms with Gasteiger partial charge in [0.25, 0.3) is 0 Å². The minimum Gasteiger partial charge on any atom is -0.456 e. The maximum Gasteiger partial charge on any atom is 0.169 e. The first kappa shape index (κ1) is 11.5. The normalized spacial score (nSPS) is 31.2. The third kappa shape index (κ3) is 1.71. The summed E-state index contributed by atoms with van der Waals surface area (Å²) in [7, 11) is 0. The van der Waals surface area contributed by atoms with E-state index in [0.717, 1.165) is 23.0 Å². The number of rotatable bonds is 2. The molecule has 19 heavy (non-hydrogen) atoms. The SMILES string of the molecule is NC(c1cc2cccc(F)c2o1)C1CC2CCC1C2. The largest absolute Gasteiger partial charge is 0.456 e. The summed E-state index contributed by atoms with van der Waals surface area (Å²) in [5, 5.41) is 0.814. The molecule has 0 amide bonds. The molecule has 3 heteroatoms. The van der Waals surface area contributed by atoms with E-state index in [1.807, 2.05) is 12.1 Å². The Morgan fingerprint density at radius 2 is 2.16 bits per heavy atom. The van der Waals surface area contributed by atoms with E-state index in [4.69, 9.17) is 10.2 Å². The van der Waals surface area contributed by atoms with Crippen LogP contribution in [0.2, 0.25) is 0 Å². The average Bonchev–Trinajstić information content (AvgIpc) is 3.12. The molecular formula is C16H18FNO. The molecule has 2 aromatic rings. The number of hydrogen-bond donors (Lipinski definition) is 1. The lowest BCUT2D eigenvalue weighted by molar-refractivity contribution is 0.262.